The van der Waals surface area contributed by atoms with Gasteiger partial charge >= 0.3 is 0 Å². The molecule has 5 nitrogen and oxygen atoms in total. The fourth-order valence-corrected chi connectivity index (χ4v) is 3.29. The molecule has 2 aromatic rings. The summed E-state index contributed by atoms with van der Waals surface area (Å²) in [6, 6.07) is 6.82. The predicted molar refractivity (Wildman–Crippen MR) is 88.1 cm³/mol. The first-order valence-electron chi connectivity index (χ1n) is 8.08. The Morgan fingerprint density at radius 1 is 1.32 bits per heavy atom. The number of pyridine rings is 1. The summed E-state index contributed by atoms with van der Waals surface area (Å²) in [5.74, 6) is 1.06. The van der Waals surface area contributed by atoms with E-state index in [4.69, 9.17) is 9.72 Å². The molecule has 0 aromatic carbocycles. The van der Waals surface area contributed by atoms with Crippen LogP contribution in [0.4, 0.5) is 0 Å². The zero-order valence-electron chi connectivity index (χ0n) is 13.8. The van der Waals surface area contributed by atoms with Crippen LogP contribution in [0.25, 0.3) is 5.52 Å². The summed E-state index contributed by atoms with van der Waals surface area (Å²) in [5.41, 5.74) is 2.38. The number of morpholine rings is 1. The van der Waals surface area contributed by atoms with Crippen LogP contribution < -0.4 is 0 Å². The normalized spacial score (nSPS) is 18.2. The molecule has 22 heavy (non-hydrogen) atoms. The van der Waals surface area contributed by atoms with Crippen molar-refractivity contribution in [2.24, 2.45) is 0 Å². The van der Waals surface area contributed by atoms with E-state index in [9.17, 15) is 0 Å². The molecule has 5 heteroatoms. The predicted octanol–water partition coefficient (Wildman–Crippen LogP) is 1.80. The van der Waals surface area contributed by atoms with Crippen molar-refractivity contribution in [1.82, 2.24) is 19.2 Å². The van der Waals surface area contributed by atoms with Gasteiger partial charge < -0.3 is 9.14 Å². The number of likely N-dealkylation sites (N-methyl/N-ethyl adjacent to an activating group) is 1. The van der Waals surface area contributed by atoms with Gasteiger partial charge in [0.1, 0.15) is 5.82 Å². The van der Waals surface area contributed by atoms with Gasteiger partial charge in [0.15, 0.2) is 0 Å². The Hall–Kier alpha value is -1.43. The number of ether oxygens (including phenoxy) is 1. The molecule has 0 unspecified atom stereocenters. The van der Waals surface area contributed by atoms with Crippen molar-refractivity contribution >= 4 is 5.52 Å². The van der Waals surface area contributed by atoms with Crippen molar-refractivity contribution in [3.8, 4) is 0 Å². The highest BCUT2D eigenvalue weighted by molar-refractivity contribution is 5.52. The number of nitrogens with zero attached hydrogens (tertiary/aromatic N) is 4. The maximum absolute atomic E-state index is 5.43. The first-order chi connectivity index (χ1) is 10.6. The summed E-state index contributed by atoms with van der Waals surface area (Å²) in [6.07, 6.45) is 2.08. The van der Waals surface area contributed by atoms with Crippen LogP contribution in [0.15, 0.2) is 24.4 Å². The molecule has 0 amide bonds. The van der Waals surface area contributed by atoms with Crippen molar-refractivity contribution in [1.29, 1.82) is 0 Å². The van der Waals surface area contributed by atoms with Gasteiger partial charge in [-0.25, -0.2) is 4.98 Å². The summed E-state index contributed by atoms with van der Waals surface area (Å²) in [4.78, 5) is 9.62. The van der Waals surface area contributed by atoms with E-state index >= 15 is 0 Å². The first kappa shape index (κ1) is 15.5. The van der Waals surface area contributed by atoms with Crippen LogP contribution in [-0.2, 0) is 11.3 Å². The Morgan fingerprint density at radius 3 is 2.86 bits per heavy atom. The largest absolute Gasteiger partial charge is 0.379 e. The van der Waals surface area contributed by atoms with E-state index in [1.165, 1.54) is 5.52 Å². The molecule has 1 atom stereocenters. The molecule has 1 aliphatic heterocycles. The minimum Gasteiger partial charge on any atom is -0.379 e. The number of aromatic nitrogens is 2. The van der Waals surface area contributed by atoms with Gasteiger partial charge in [-0.1, -0.05) is 6.07 Å². The number of rotatable bonds is 5. The van der Waals surface area contributed by atoms with Crippen LogP contribution in [-0.4, -0.2) is 65.1 Å². The Morgan fingerprint density at radius 2 is 2.09 bits per heavy atom. The number of aryl methyl sites for hydroxylation is 1. The Bertz CT molecular complexity index is 618. The van der Waals surface area contributed by atoms with Crippen molar-refractivity contribution in [2.45, 2.75) is 26.4 Å². The topological polar surface area (TPSA) is 33.0 Å². The zero-order chi connectivity index (χ0) is 15.5. The second-order valence-corrected chi connectivity index (χ2v) is 6.26. The summed E-state index contributed by atoms with van der Waals surface area (Å²) in [6.45, 7) is 10.1. The molecule has 1 aliphatic rings. The molecule has 0 aliphatic carbocycles. The molecular formula is C17H26N4O. The molecular weight excluding hydrogens is 276 g/mol. The average molecular weight is 302 g/mol. The zero-order valence-corrected chi connectivity index (χ0v) is 13.8. The fourth-order valence-electron chi connectivity index (χ4n) is 3.29. The first-order valence-corrected chi connectivity index (χ1v) is 8.08. The highest BCUT2D eigenvalue weighted by Gasteiger charge is 2.19. The lowest BCUT2D eigenvalue weighted by Gasteiger charge is -2.34. The van der Waals surface area contributed by atoms with Crippen molar-refractivity contribution < 1.29 is 4.74 Å². The van der Waals surface area contributed by atoms with Gasteiger partial charge in [-0.05, 0) is 33.0 Å². The SMILES string of the molecule is Cc1nc(CN(C)C[C@H](C)N2CCOCC2)c2ccccn12. The quantitative estimate of drug-likeness (QED) is 0.843. The summed E-state index contributed by atoms with van der Waals surface area (Å²) < 4.78 is 7.59. The van der Waals surface area contributed by atoms with Crippen LogP contribution >= 0.6 is 0 Å². The Balaban J connectivity index is 1.64. The molecule has 3 rings (SSSR count). The highest BCUT2D eigenvalue weighted by Crippen LogP contribution is 2.15. The van der Waals surface area contributed by atoms with Gasteiger partial charge in [0.05, 0.1) is 24.4 Å². The minimum atomic E-state index is 0.545. The molecule has 2 aromatic heterocycles. The molecule has 3 heterocycles. The van der Waals surface area contributed by atoms with Crippen LogP contribution in [0.3, 0.4) is 0 Å². The third-order valence-electron chi connectivity index (χ3n) is 4.47. The van der Waals surface area contributed by atoms with E-state index < -0.39 is 0 Å². The Kier molecular flexibility index (Phi) is 4.76. The third-order valence-corrected chi connectivity index (χ3v) is 4.47. The van der Waals surface area contributed by atoms with Crippen molar-refractivity contribution in [2.75, 3.05) is 39.9 Å². The van der Waals surface area contributed by atoms with E-state index in [-0.39, 0.29) is 0 Å². The summed E-state index contributed by atoms with van der Waals surface area (Å²) >= 11 is 0. The summed E-state index contributed by atoms with van der Waals surface area (Å²) in [7, 11) is 2.18. The second kappa shape index (κ2) is 6.77. The average Bonchev–Trinajstić information content (AvgIpc) is 2.85. The van der Waals surface area contributed by atoms with Gasteiger partial charge in [0.25, 0.3) is 0 Å². The van der Waals surface area contributed by atoms with Gasteiger partial charge in [0.2, 0.25) is 0 Å². The molecule has 120 valence electrons. The van der Waals surface area contributed by atoms with Gasteiger partial charge in [-0.2, -0.15) is 0 Å². The number of imidazole rings is 1. The molecule has 0 spiro atoms. The van der Waals surface area contributed by atoms with E-state index in [0.29, 0.717) is 6.04 Å². The number of hydrogen-bond acceptors (Lipinski definition) is 4. The minimum absolute atomic E-state index is 0.545. The number of fused-ring (bicyclic) bond motifs is 1. The van der Waals surface area contributed by atoms with Gasteiger partial charge in [0, 0.05) is 38.4 Å². The van der Waals surface area contributed by atoms with E-state index in [1.54, 1.807) is 0 Å². The third kappa shape index (κ3) is 3.32. The maximum atomic E-state index is 5.43. The standard InChI is InChI=1S/C17H26N4O/c1-14(20-8-10-22-11-9-20)12-19(3)13-16-17-6-4-5-7-21(17)15(2)18-16/h4-7,14H,8-13H2,1-3H3/t14-/m0/s1. The molecule has 0 bridgehead atoms. The van der Waals surface area contributed by atoms with Crippen LogP contribution in [0.1, 0.15) is 18.4 Å². The van der Waals surface area contributed by atoms with Crippen molar-refractivity contribution in [3.05, 3.63) is 35.9 Å². The van der Waals surface area contributed by atoms with Crippen LogP contribution in [0.2, 0.25) is 0 Å². The van der Waals surface area contributed by atoms with E-state index in [1.807, 2.05) is 0 Å². The molecule has 0 N–H and O–H groups in total. The monoisotopic (exact) mass is 302 g/mol. The van der Waals surface area contributed by atoms with Gasteiger partial charge in [-0.15, -0.1) is 0 Å². The molecule has 0 radical (unpaired) electrons. The second-order valence-electron chi connectivity index (χ2n) is 6.26. The van der Waals surface area contributed by atoms with Crippen LogP contribution in [0, 0.1) is 6.92 Å². The lowest BCUT2D eigenvalue weighted by Crippen LogP contribution is -2.46. The molecule has 1 saturated heterocycles. The number of hydrogen-bond donors (Lipinski definition) is 0. The lowest BCUT2D eigenvalue weighted by atomic mass is 10.2. The lowest BCUT2D eigenvalue weighted by molar-refractivity contribution is 0.0137. The van der Waals surface area contributed by atoms with E-state index in [0.717, 1.165) is 50.9 Å². The molecule has 1 fully saturated rings. The molecule has 0 saturated carbocycles. The van der Waals surface area contributed by atoms with Crippen molar-refractivity contribution in [3.63, 3.8) is 0 Å². The highest BCUT2D eigenvalue weighted by atomic mass is 16.5. The smallest absolute Gasteiger partial charge is 0.110 e. The van der Waals surface area contributed by atoms with Gasteiger partial charge in [-0.3, -0.25) is 9.80 Å². The maximum Gasteiger partial charge on any atom is 0.110 e. The Labute approximate surface area is 132 Å². The summed E-state index contributed by atoms with van der Waals surface area (Å²) in [5, 5.41) is 0. The van der Waals surface area contributed by atoms with E-state index in [2.05, 4.69) is 59.5 Å². The van der Waals surface area contributed by atoms with Crippen LogP contribution in [0.5, 0.6) is 0 Å². The fraction of sp³-hybridized carbons (Fsp3) is 0.588.